The second-order valence-corrected chi connectivity index (χ2v) is 5.10. The topological polar surface area (TPSA) is 76.1 Å². The SMILES string of the molecule is CCOc1ccccc1NC(=O)c1cnc(NC2CC2)nc1. The number of anilines is 2. The van der Waals surface area contributed by atoms with Crippen LogP contribution in [0.4, 0.5) is 11.6 Å². The predicted molar refractivity (Wildman–Crippen MR) is 84.2 cm³/mol. The number of rotatable bonds is 6. The van der Waals surface area contributed by atoms with Crippen LogP contribution in [-0.4, -0.2) is 28.5 Å². The molecule has 0 unspecified atom stereocenters. The summed E-state index contributed by atoms with van der Waals surface area (Å²) >= 11 is 0. The van der Waals surface area contributed by atoms with E-state index in [4.69, 9.17) is 4.74 Å². The van der Waals surface area contributed by atoms with Gasteiger partial charge in [0.25, 0.3) is 5.91 Å². The Labute approximate surface area is 128 Å². The standard InChI is InChI=1S/C16H18N4O2/c1-2-22-14-6-4-3-5-13(14)20-15(21)11-9-17-16(18-10-11)19-12-7-8-12/h3-6,9-10,12H,2,7-8H2,1H3,(H,20,21)(H,17,18,19). The molecule has 1 heterocycles. The van der Waals surface area contributed by atoms with E-state index in [0.717, 1.165) is 12.8 Å². The third kappa shape index (κ3) is 3.52. The lowest BCUT2D eigenvalue weighted by Crippen LogP contribution is -2.14. The number of nitrogens with zero attached hydrogens (tertiary/aromatic N) is 2. The Morgan fingerprint density at radius 2 is 2.00 bits per heavy atom. The molecule has 114 valence electrons. The Hall–Kier alpha value is -2.63. The minimum atomic E-state index is -0.259. The lowest BCUT2D eigenvalue weighted by molar-refractivity contribution is 0.102. The van der Waals surface area contributed by atoms with Gasteiger partial charge in [-0.1, -0.05) is 12.1 Å². The van der Waals surface area contributed by atoms with Gasteiger partial charge in [0, 0.05) is 18.4 Å². The predicted octanol–water partition coefficient (Wildman–Crippen LogP) is 2.70. The van der Waals surface area contributed by atoms with Crippen molar-refractivity contribution in [3.05, 3.63) is 42.2 Å². The number of hydrogen-bond acceptors (Lipinski definition) is 5. The summed E-state index contributed by atoms with van der Waals surface area (Å²) in [6, 6.07) is 7.81. The van der Waals surface area contributed by atoms with E-state index in [2.05, 4.69) is 20.6 Å². The highest BCUT2D eigenvalue weighted by atomic mass is 16.5. The molecule has 0 saturated heterocycles. The van der Waals surface area contributed by atoms with Crippen molar-refractivity contribution in [2.45, 2.75) is 25.8 Å². The van der Waals surface area contributed by atoms with Gasteiger partial charge in [-0.05, 0) is 31.9 Å². The van der Waals surface area contributed by atoms with Crippen molar-refractivity contribution in [2.75, 3.05) is 17.2 Å². The van der Waals surface area contributed by atoms with Gasteiger partial charge in [-0.2, -0.15) is 0 Å². The van der Waals surface area contributed by atoms with Gasteiger partial charge < -0.3 is 15.4 Å². The fourth-order valence-corrected chi connectivity index (χ4v) is 1.98. The maximum Gasteiger partial charge on any atom is 0.258 e. The van der Waals surface area contributed by atoms with Crippen molar-refractivity contribution in [1.82, 2.24) is 9.97 Å². The zero-order valence-electron chi connectivity index (χ0n) is 12.4. The van der Waals surface area contributed by atoms with Crippen molar-refractivity contribution >= 4 is 17.5 Å². The summed E-state index contributed by atoms with van der Waals surface area (Å²) in [5.41, 5.74) is 1.04. The van der Waals surface area contributed by atoms with Crippen molar-refractivity contribution in [3.8, 4) is 5.75 Å². The van der Waals surface area contributed by atoms with E-state index in [9.17, 15) is 4.79 Å². The fraction of sp³-hybridized carbons (Fsp3) is 0.312. The van der Waals surface area contributed by atoms with E-state index in [1.165, 1.54) is 12.4 Å². The normalized spacial score (nSPS) is 13.5. The molecule has 0 radical (unpaired) electrons. The average molecular weight is 298 g/mol. The lowest BCUT2D eigenvalue weighted by Gasteiger charge is -2.11. The molecular weight excluding hydrogens is 280 g/mol. The third-order valence-corrected chi connectivity index (χ3v) is 3.26. The summed E-state index contributed by atoms with van der Waals surface area (Å²) in [5, 5.41) is 6.00. The molecule has 0 spiro atoms. The quantitative estimate of drug-likeness (QED) is 0.857. The molecule has 1 fully saturated rings. The number of carbonyl (C=O) groups excluding carboxylic acids is 1. The first-order valence-corrected chi connectivity index (χ1v) is 7.38. The van der Waals surface area contributed by atoms with E-state index in [0.29, 0.717) is 35.6 Å². The molecule has 0 aliphatic heterocycles. The Kier molecular flexibility index (Phi) is 4.18. The monoisotopic (exact) mass is 298 g/mol. The van der Waals surface area contributed by atoms with Crippen LogP contribution >= 0.6 is 0 Å². The molecule has 0 atom stereocenters. The minimum Gasteiger partial charge on any atom is -0.492 e. The molecule has 1 aromatic heterocycles. The number of hydrogen-bond donors (Lipinski definition) is 2. The second-order valence-electron chi connectivity index (χ2n) is 5.10. The molecule has 1 aliphatic carbocycles. The van der Waals surface area contributed by atoms with Gasteiger partial charge in [0.05, 0.1) is 17.9 Å². The Bertz CT molecular complexity index is 653. The van der Waals surface area contributed by atoms with Crippen LogP contribution in [0.3, 0.4) is 0 Å². The lowest BCUT2D eigenvalue weighted by atomic mass is 10.2. The van der Waals surface area contributed by atoms with E-state index < -0.39 is 0 Å². The van der Waals surface area contributed by atoms with Crippen LogP contribution in [0, 0.1) is 0 Å². The number of para-hydroxylation sites is 2. The second kappa shape index (κ2) is 6.43. The summed E-state index contributed by atoms with van der Waals surface area (Å²) in [6.07, 6.45) is 5.35. The van der Waals surface area contributed by atoms with Gasteiger partial charge in [-0.25, -0.2) is 9.97 Å². The van der Waals surface area contributed by atoms with Crippen molar-refractivity contribution in [2.24, 2.45) is 0 Å². The highest BCUT2D eigenvalue weighted by Gasteiger charge is 2.21. The molecule has 22 heavy (non-hydrogen) atoms. The molecule has 1 aromatic carbocycles. The Morgan fingerprint density at radius 1 is 1.27 bits per heavy atom. The van der Waals surface area contributed by atoms with Crippen LogP contribution in [-0.2, 0) is 0 Å². The summed E-state index contributed by atoms with van der Waals surface area (Å²) in [4.78, 5) is 20.6. The van der Waals surface area contributed by atoms with E-state index in [1.54, 1.807) is 6.07 Å². The van der Waals surface area contributed by atoms with Crippen LogP contribution < -0.4 is 15.4 Å². The van der Waals surface area contributed by atoms with Crippen molar-refractivity contribution in [3.63, 3.8) is 0 Å². The highest BCUT2D eigenvalue weighted by Crippen LogP contribution is 2.24. The number of carbonyl (C=O) groups is 1. The van der Waals surface area contributed by atoms with E-state index in [1.807, 2.05) is 25.1 Å². The minimum absolute atomic E-state index is 0.259. The first-order chi connectivity index (χ1) is 10.8. The highest BCUT2D eigenvalue weighted by molar-refractivity contribution is 6.04. The average Bonchev–Trinajstić information content (AvgIpc) is 3.34. The molecule has 2 aromatic rings. The van der Waals surface area contributed by atoms with Crippen LogP contribution in [0.5, 0.6) is 5.75 Å². The third-order valence-electron chi connectivity index (χ3n) is 3.26. The summed E-state index contributed by atoms with van der Waals surface area (Å²) in [7, 11) is 0. The van der Waals surface area contributed by atoms with Crippen molar-refractivity contribution in [1.29, 1.82) is 0 Å². The Morgan fingerprint density at radius 3 is 2.68 bits per heavy atom. The fourth-order valence-electron chi connectivity index (χ4n) is 1.98. The van der Waals surface area contributed by atoms with Gasteiger partial charge in [-0.3, -0.25) is 4.79 Å². The van der Waals surface area contributed by atoms with Crippen LogP contribution in [0.25, 0.3) is 0 Å². The summed E-state index contributed by atoms with van der Waals surface area (Å²) in [5.74, 6) is 0.949. The smallest absolute Gasteiger partial charge is 0.258 e. The van der Waals surface area contributed by atoms with Gasteiger partial charge in [0.1, 0.15) is 5.75 Å². The maximum atomic E-state index is 12.2. The van der Waals surface area contributed by atoms with E-state index in [-0.39, 0.29) is 5.91 Å². The summed E-state index contributed by atoms with van der Waals surface area (Å²) in [6.45, 7) is 2.44. The number of amides is 1. The van der Waals surface area contributed by atoms with Gasteiger partial charge >= 0.3 is 0 Å². The van der Waals surface area contributed by atoms with Gasteiger partial charge in [0.2, 0.25) is 5.95 Å². The van der Waals surface area contributed by atoms with Crippen LogP contribution in [0.15, 0.2) is 36.7 Å². The van der Waals surface area contributed by atoms with Gasteiger partial charge in [-0.15, -0.1) is 0 Å². The molecule has 0 bridgehead atoms. The van der Waals surface area contributed by atoms with Gasteiger partial charge in [0.15, 0.2) is 0 Å². The zero-order valence-corrected chi connectivity index (χ0v) is 12.4. The molecule has 2 N–H and O–H groups in total. The van der Waals surface area contributed by atoms with Crippen LogP contribution in [0.2, 0.25) is 0 Å². The first kappa shape index (κ1) is 14.3. The zero-order chi connectivity index (χ0) is 15.4. The number of aromatic nitrogens is 2. The Balaban J connectivity index is 1.68. The molecule has 6 heteroatoms. The van der Waals surface area contributed by atoms with Crippen LogP contribution in [0.1, 0.15) is 30.1 Å². The van der Waals surface area contributed by atoms with Crippen molar-refractivity contribution < 1.29 is 9.53 Å². The van der Waals surface area contributed by atoms with E-state index >= 15 is 0 Å². The molecular formula is C16H18N4O2. The molecule has 1 aliphatic rings. The first-order valence-electron chi connectivity index (χ1n) is 7.38. The molecule has 1 amide bonds. The number of nitrogens with one attached hydrogen (secondary N) is 2. The largest absolute Gasteiger partial charge is 0.492 e. The maximum absolute atomic E-state index is 12.2. The molecule has 3 rings (SSSR count). The summed E-state index contributed by atoms with van der Waals surface area (Å²) < 4.78 is 5.49. The number of ether oxygens (including phenoxy) is 1. The number of benzene rings is 1. The molecule has 6 nitrogen and oxygen atoms in total. The molecule has 1 saturated carbocycles.